The minimum absolute atomic E-state index is 0.401. The first kappa shape index (κ1) is 15.3. The fraction of sp³-hybridized carbons (Fsp3) is 0.429. The van der Waals surface area contributed by atoms with Gasteiger partial charge >= 0.3 is 0 Å². The van der Waals surface area contributed by atoms with Crippen molar-refractivity contribution in [2.24, 2.45) is 11.3 Å². The van der Waals surface area contributed by atoms with Gasteiger partial charge in [-0.05, 0) is 28.9 Å². The van der Waals surface area contributed by atoms with E-state index >= 15 is 0 Å². The molecule has 0 spiro atoms. The molecule has 0 aliphatic carbocycles. The van der Waals surface area contributed by atoms with E-state index in [-0.39, 0.29) is 0 Å². The third-order valence-corrected chi connectivity index (χ3v) is 4.48. The van der Waals surface area contributed by atoms with Crippen LogP contribution < -0.4 is 0 Å². The summed E-state index contributed by atoms with van der Waals surface area (Å²) in [4.78, 5) is 2.63. The Balaban J connectivity index is 1.77. The van der Waals surface area contributed by atoms with Crippen molar-refractivity contribution in [3.63, 3.8) is 0 Å². The highest BCUT2D eigenvalue weighted by molar-refractivity contribution is 5.32. The number of likely N-dealkylation sites (tertiary alicyclic amines) is 1. The van der Waals surface area contributed by atoms with E-state index in [1.165, 1.54) is 30.6 Å². The molecule has 3 rings (SSSR count). The highest BCUT2D eigenvalue weighted by atomic mass is 15.2. The van der Waals surface area contributed by atoms with E-state index in [1.807, 2.05) is 0 Å². The molecular formula is C21H27N. The van der Waals surface area contributed by atoms with E-state index in [0.717, 1.165) is 5.92 Å². The molecule has 0 atom stereocenters. The van der Waals surface area contributed by atoms with E-state index in [9.17, 15) is 0 Å². The summed E-state index contributed by atoms with van der Waals surface area (Å²) in [5.74, 6) is 0.843. The number of hydrogen-bond donors (Lipinski definition) is 0. The first-order chi connectivity index (χ1) is 10.5. The van der Waals surface area contributed by atoms with Gasteiger partial charge in [0.1, 0.15) is 0 Å². The van der Waals surface area contributed by atoms with Crippen molar-refractivity contribution in [1.29, 1.82) is 0 Å². The lowest BCUT2D eigenvalue weighted by Crippen LogP contribution is -2.49. The summed E-state index contributed by atoms with van der Waals surface area (Å²) in [5, 5.41) is 0. The van der Waals surface area contributed by atoms with Gasteiger partial charge in [-0.1, -0.05) is 81.4 Å². The Hall–Kier alpha value is -1.60. The third-order valence-electron chi connectivity index (χ3n) is 4.48. The summed E-state index contributed by atoms with van der Waals surface area (Å²) in [6.45, 7) is 9.47. The molecule has 0 unspecified atom stereocenters. The van der Waals surface area contributed by atoms with Gasteiger partial charge in [-0.15, -0.1) is 0 Å². The van der Waals surface area contributed by atoms with Crippen LogP contribution in [0, 0.1) is 11.3 Å². The van der Waals surface area contributed by atoms with Crippen LogP contribution in [0.25, 0.3) is 0 Å². The van der Waals surface area contributed by atoms with Crippen LogP contribution >= 0.6 is 0 Å². The fourth-order valence-corrected chi connectivity index (χ4v) is 3.70. The highest BCUT2D eigenvalue weighted by Crippen LogP contribution is 2.38. The van der Waals surface area contributed by atoms with Crippen molar-refractivity contribution >= 4 is 0 Å². The van der Waals surface area contributed by atoms with Gasteiger partial charge < -0.3 is 0 Å². The second kappa shape index (κ2) is 6.26. The summed E-state index contributed by atoms with van der Waals surface area (Å²) in [6, 6.07) is 22.2. The van der Waals surface area contributed by atoms with Crippen LogP contribution in [0.1, 0.15) is 44.4 Å². The molecule has 0 bridgehead atoms. The molecule has 2 aromatic carbocycles. The number of hydrogen-bond acceptors (Lipinski definition) is 1. The number of rotatable bonds is 4. The standard InChI is InChI=1S/C21H27N/c1-21(2,3)14-17-15-22(16-17)20(18-10-6-4-7-11-18)19-12-8-5-9-13-19/h4-13,17,20H,14-16H2,1-3H3. The molecule has 1 heteroatoms. The van der Waals surface area contributed by atoms with Crippen LogP contribution in [0.2, 0.25) is 0 Å². The Bertz CT molecular complexity index is 537. The van der Waals surface area contributed by atoms with E-state index < -0.39 is 0 Å². The summed E-state index contributed by atoms with van der Waals surface area (Å²) in [6.07, 6.45) is 1.32. The van der Waals surface area contributed by atoms with Crippen LogP contribution in [0.15, 0.2) is 60.7 Å². The second-order valence-corrected chi connectivity index (χ2v) is 7.81. The highest BCUT2D eigenvalue weighted by Gasteiger charge is 2.35. The van der Waals surface area contributed by atoms with Crippen LogP contribution in [-0.4, -0.2) is 18.0 Å². The number of benzene rings is 2. The topological polar surface area (TPSA) is 3.24 Å². The van der Waals surface area contributed by atoms with E-state index in [2.05, 4.69) is 86.3 Å². The van der Waals surface area contributed by atoms with Gasteiger partial charge in [-0.2, -0.15) is 0 Å². The lowest BCUT2D eigenvalue weighted by molar-refractivity contribution is 0.0433. The SMILES string of the molecule is CC(C)(C)CC1CN(C(c2ccccc2)c2ccccc2)C1. The summed E-state index contributed by atoms with van der Waals surface area (Å²) < 4.78 is 0. The largest absolute Gasteiger partial charge is 0.292 e. The molecule has 0 amide bonds. The molecule has 1 fully saturated rings. The molecule has 0 N–H and O–H groups in total. The molecule has 116 valence electrons. The lowest BCUT2D eigenvalue weighted by Gasteiger charge is -2.46. The van der Waals surface area contributed by atoms with Crippen molar-refractivity contribution in [3.05, 3.63) is 71.8 Å². The smallest absolute Gasteiger partial charge is 0.0602 e. The predicted molar refractivity (Wildman–Crippen MR) is 93.9 cm³/mol. The molecule has 22 heavy (non-hydrogen) atoms. The summed E-state index contributed by atoms with van der Waals surface area (Å²) in [7, 11) is 0. The zero-order valence-electron chi connectivity index (χ0n) is 14.0. The van der Waals surface area contributed by atoms with E-state index in [1.54, 1.807) is 0 Å². The Kier molecular flexibility index (Phi) is 4.35. The molecule has 1 aliphatic heterocycles. The van der Waals surface area contributed by atoms with E-state index in [4.69, 9.17) is 0 Å². The van der Waals surface area contributed by atoms with E-state index in [0.29, 0.717) is 11.5 Å². The molecule has 2 aromatic rings. The fourth-order valence-electron chi connectivity index (χ4n) is 3.70. The first-order valence-corrected chi connectivity index (χ1v) is 8.37. The normalized spacial score (nSPS) is 16.7. The van der Waals surface area contributed by atoms with Crippen LogP contribution in [0.4, 0.5) is 0 Å². The van der Waals surface area contributed by atoms with Gasteiger partial charge in [0.15, 0.2) is 0 Å². The average molecular weight is 293 g/mol. The van der Waals surface area contributed by atoms with Gasteiger partial charge in [0.2, 0.25) is 0 Å². The van der Waals surface area contributed by atoms with Crippen molar-refractivity contribution in [1.82, 2.24) is 4.90 Å². The van der Waals surface area contributed by atoms with Gasteiger partial charge in [0, 0.05) is 13.1 Å². The molecule has 0 radical (unpaired) electrons. The maximum Gasteiger partial charge on any atom is 0.0602 e. The Morgan fingerprint density at radius 2 is 1.32 bits per heavy atom. The Labute approximate surface area is 135 Å². The Morgan fingerprint density at radius 1 is 0.864 bits per heavy atom. The van der Waals surface area contributed by atoms with Gasteiger partial charge in [-0.3, -0.25) is 4.90 Å². The minimum Gasteiger partial charge on any atom is -0.292 e. The molecule has 1 aliphatic rings. The van der Waals surface area contributed by atoms with Crippen LogP contribution in [-0.2, 0) is 0 Å². The molecule has 1 saturated heterocycles. The summed E-state index contributed by atoms with van der Waals surface area (Å²) >= 11 is 0. The van der Waals surface area contributed by atoms with Crippen molar-refractivity contribution in [3.8, 4) is 0 Å². The van der Waals surface area contributed by atoms with Crippen molar-refractivity contribution in [2.75, 3.05) is 13.1 Å². The monoisotopic (exact) mass is 293 g/mol. The maximum atomic E-state index is 2.63. The van der Waals surface area contributed by atoms with Gasteiger partial charge in [-0.25, -0.2) is 0 Å². The van der Waals surface area contributed by atoms with Gasteiger partial charge in [0.25, 0.3) is 0 Å². The second-order valence-electron chi connectivity index (χ2n) is 7.81. The molecule has 0 aromatic heterocycles. The minimum atomic E-state index is 0.401. The van der Waals surface area contributed by atoms with Crippen LogP contribution in [0.3, 0.4) is 0 Å². The maximum absolute atomic E-state index is 2.63. The molecule has 1 heterocycles. The predicted octanol–water partition coefficient (Wildman–Crippen LogP) is 5.14. The summed E-state index contributed by atoms with van der Waals surface area (Å²) in [5.41, 5.74) is 3.25. The molecular weight excluding hydrogens is 266 g/mol. The third kappa shape index (κ3) is 3.59. The average Bonchev–Trinajstić information content (AvgIpc) is 2.46. The quantitative estimate of drug-likeness (QED) is 0.754. The molecule has 0 saturated carbocycles. The zero-order chi connectivity index (χ0) is 15.6. The van der Waals surface area contributed by atoms with Crippen LogP contribution in [0.5, 0.6) is 0 Å². The first-order valence-electron chi connectivity index (χ1n) is 8.37. The lowest BCUT2D eigenvalue weighted by atomic mass is 9.79. The molecule has 1 nitrogen and oxygen atoms in total. The zero-order valence-corrected chi connectivity index (χ0v) is 14.0. The van der Waals surface area contributed by atoms with Gasteiger partial charge in [0.05, 0.1) is 6.04 Å². The van der Waals surface area contributed by atoms with Crippen molar-refractivity contribution in [2.45, 2.75) is 33.2 Å². The number of nitrogens with zero attached hydrogens (tertiary/aromatic N) is 1. The Morgan fingerprint density at radius 3 is 1.73 bits per heavy atom. The van der Waals surface area contributed by atoms with Crippen molar-refractivity contribution < 1.29 is 0 Å².